The largest absolute Gasteiger partial charge is 0.508 e. The lowest BCUT2D eigenvalue weighted by molar-refractivity contribution is -0.138. The van der Waals surface area contributed by atoms with E-state index in [2.05, 4.69) is 342 Å². The Balaban J connectivity index is -0.000000101. The van der Waals surface area contributed by atoms with Gasteiger partial charge in [-0.25, -0.2) is 4.98 Å². The normalized spacial score (nSPS) is 10.6. The third-order valence-corrected chi connectivity index (χ3v) is 20.1. The number of nitrogens with zero attached hydrogens (tertiary/aromatic N) is 2. The molecule has 5 aromatic rings. The van der Waals surface area contributed by atoms with E-state index in [0.29, 0.717) is 73.0 Å². The second-order valence-electron chi connectivity index (χ2n) is 45.2. The number of aliphatic hydroxyl groups is 2. The lowest BCUT2D eigenvalue weighted by Crippen LogP contribution is -2.22. The summed E-state index contributed by atoms with van der Waals surface area (Å²) in [7, 11) is 0. The summed E-state index contributed by atoms with van der Waals surface area (Å²) >= 11 is 5.95. The topological polar surface area (TPSA) is 356 Å². The summed E-state index contributed by atoms with van der Waals surface area (Å²) in [4.78, 5) is 54.0. The molecular weight excluding hydrogens is 1790 g/mol. The molecule has 2 unspecified atom stereocenters. The number of H-pyrrole nitrogens is 2. The lowest BCUT2D eigenvalue weighted by atomic mass is 9.96. The first-order valence-corrected chi connectivity index (χ1v) is 56.5. The van der Waals surface area contributed by atoms with Gasteiger partial charge in [-0.2, -0.15) is 24.4 Å². The maximum Gasteiger partial charge on any atom is 0.303 e. The van der Waals surface area contributed by atoms with Gasteiger partial charge in [0.25, 0.3) is 0 Å². The molecule has 5 rings (SSSR count). The summed E-state index contributed by atoms with van der Waals surface area (Å²) in [5.41, 5.74) is 32.0. The van der Waals surface area contributed by atoms with Gasteiger partial charge >= 0.3 is 11.9 Å². The second kappa shape index (κ2) is 119. The number of para-hydroxylation sites is 1. The highest BCUT2D eigenvalue weighted by atomic mass is 32.2. The number of nitrogens with one attached hydrogen (secondary N) is 2. The van der Waals surface area contributed by atoms with E-state index in [1.807, 2.05) is 99.3 Å². The van der Waals surface area contributed by atoms with Crippen molar-refractivity contribution in [2.45, 2.75) is 447 Å². The van der Waals surface area contributed by atoms with Crippen LogP contribution in [0.5, 0.6) is 5.75 Å². The first kappa shape index (κ1) is 166. The van der Waals surface area contributed by atoms with Crippen LogP contribution in [0.15, 0.2) is 103 Å². The van der Waals surface area contributed by atoms with Crippen LogP contribution in [-0.4, -0.2) is 114 Å². The van der Waals surface area contributed by atoms with E-state index in [1.165, 1.54) is 96.8 Å². The standard InChI is InChI=1S/C12H15N.C10H14O.C10H14.C7H17N3.C7H12N2.C7H17N.2C7H16.C6H13NO.C6H12O2.C6H14S.C6H14.C5H11NO.C5H10O2.C5H12O.C4H10O.C4H10S.C4H10.C3H8/c1-9(2)7-10-8-13-12-6-4-3-5-11(10)12;1-8(2)7-9-3-5-10(11)6-4-9;1-9(2)8-10-6-4-3-5-7-10;1-6(2)4-3-5-10-7(8)9;1-6(2)3-7-4-8-5-9-7;1-7(2)5-3-4-6-8;1-6(2)5-7(3)4;1-5-7(4)6(2)3;2*1-5(2)3-4-6(7)8;1-6(2)4-5-7-3;1-5(2)6(3)4;2*1-4(2)3-5(6)7;1-4(2)5(3)6;2*1-4(2)3-5;1-4(2)3;1-3-2/h3-6,8-9,13H,7H2,1-2H3;3-6,8,11H,7H2,1-2H3;3-7,9H,8H2,1-2H3;6H,3-5H2,1-2H3,(H4,8,9,10);4-6H,3H2,1-2H3,(H,8,9);7H,3-6,8H2,1-2H3;2*6-7H,5H2,1-4H3;5H,3-4H2,1-2H3,(H2,7,8);5H,3-4H2,1-2H3,(H,7,8);6H,4-5H2,1-3H3;5-6H,1-4H3;4H,3H2,1-2H3,(H2,6,7);4H,3H2,1-2H3,(H,6,7);4-6H,1-3H3;2*4-5H,3H2,1-2H3;4H,1-3H3;3H2,1-2H3. The molecule has 0 spiro atoms. The van der Waals surface area contributed by atoms with Gasteiger partial charge in [0.1, 0.15) is 5.75 Å². The van der Waals surface area contributed by atoms with Crippen molar-refractivity contribution in [2.24, 2.45) is 158 Å². The molecular formula is C121H245N9O9S2. The zero-order valence-electron chi connectivity index (χ0n) is 101. The lowest BCUT2D eigenvalue weighted by Gasteiger charge is -2.10. The molecule has 0 aliphatic heterocycles. The number of imidazole rings is 1. The Bertz CT molecular complexity index is 3180. The summed E-state index contributed by atoms with van der Waals surface area (Å²) in [6.45, 7) is 101. The van der Waals surface area contributed by atoms with Crippen LogP contribution in [-0.2, 0) is 44.9 Å². The summed E-state index contributed by atoms with van der Waals surface area (Å²) in [6, 6.07) is 26.5. The summed E-state index contributed by atoms with van der Waals surface area (Å²) in [6.07, 6.45) is 27.0. The monoisotopic (exact) mass is 2030 g/mol. The van der Waals surface area contributed by atoms with E-state index in [4.69, 9.17) is 54.2 Å². The number of phenolic OH excluding ortho intramolecular Hbond substituents is 1. The predicted molar refractivity (Wildman–Crippen MR) is 639 cm³/mol. The van der Waals surface area contributed by atoms with Crippen molar-refractivity contribution in [3.8, 4) is 5.75 Å². The number of aliphatic carboxylic acids is 2. The molecule has 0 saturated carbocycles. The minimum atomic E-state index is -0.713. The number of aromatic amines is 2. The SMILES string of the molecule is CC(C)C.CC(C)C(C)C.CC(C)C(C)O.CC(C)CC(=O)O.CC(C)CC(C)C.CC(C)CC(N)=O.CC(C)CCC(=O)O.CC(C)CCC(N)=O.CC(C)CCCCN.CC(C)CCCN=C(N)N.CC(C)CO.CC(C)CS.CC(C)Cc1c[nH]c2ccccc12.CC(C)Cc1ccc(O)cc1.CC(C)Cc1ccccc1.CC(C)Cc1cnc[nH]1.CCC.CCC(C)C(C)C.CSCCC(C)C. The number of aromatic nitrogens is 3. The van der Waals surface area contributed by atoms with Gasteiger partial charge in [-0.3, -0.25) is 24.2 Å². The predicted octanol–water partition coefficient (Wildman–Crippen LogP) is 33.3. The van der Waals surface area contributed by atoms with E-state index in [0.717, 1.165) is 134 Å². The summed E-state index contributed by atoms with van der Waals surface area (Å²) < 4.78 is 0. The first-order chi connectivity index (χ1) is 65.0. The van der Waals surface area contributed by atoms with Crippen LogP contribution in [0, 0.1) is 124 Å². The number of aromatic hydroxyl groups is 1. The molecule has 18 nitrogen and oxygen atoms in total. The molecule has 2 heterocycles. The average molecular weight is 2030 g/mol. The van der Waals surface area contributed by atoms with Gasteiger partial charge in [0, 0.05) is 67.8 Å². The smallest absolute Gasteiger partial charge is 0.303 e. The highest BCUT2D eigenvalue weighted by molar-refractivity contribution is 7.98. The van der Waals surface area contributed by atoms with Gasteiger partial charge in [-0.05, 0) is 261 Å². The Morgan fingerprint density at radius 3 is 1.05 bits per heavy atom. The molecule has 0 radical (unpaired) electrons. The number of carbonyl (C=O) groups is 4. The maximum atomic E-state index is 10.1. The van der Waals surface area contributed by atoms with Crippen molar-refractivity contribution < 1.29 is 44.7 Å². The number of carbonyl (C=O) groups excluding carboxylic acids is 2. The number of thioether (sulfide) groups is 1. The maximum absolute atomic E-state index is 10.1. The number of carboxylic acid groups (broad SMARTS) is 2. The number of nitrogens with two attached hydrogens (primary N) is 5. The van der Waals surface area contributed by atoms with Gasteiger partial charge in [-0.1, -0.05) is 398 Å². The van der Waals surface area contributed by atoms with Crippen molar-refractivity contribution >= 4 is 65.0 Å². The Hall–Kier alpha value is -6.06. The van der Waals surface area contributed by atoms with Crippen molar-refractivity contribution in [1.82, 2.24) is 15.0 Å². The zero-order valence-corrected chi connectivity index (χ0v) is 103. The quantitative estimate of drug-likeness (QED) is 0.00761. The number of aliphatic hydroxyl groups excluding tert-OH is 2. The minimum Gasteiger partial charge on any atom is -0.508 e. The van der Waals surface area contributed by atoms with Crippen LogP contribution in [0.2, 0.25) is 0 Å². The first-order valence-electron chi connectivity index (χ1n) is 54.5. The van der Waals surface area contributed by atoms with E-state index in [-0.39, 0.29) is 36.2 Å². The van der Waals surface area contributed by atoms with Crippen LogP contribution >= 0.6 is 24.4 Å². The number of primary amides is 2. The van der Waals surface area contributed by atoms with Gasteiger partial charge in [0.05, 0.1) is 12.4 Å². The highest BCUT2D eigenvalue weighted by Gasteiger charge is 2.08. The van der Waals surface area contributed by atoms with Crippen molar-refractivity contribution in [2.75, 3.05) is 37.5 Å². The Kier molecular flexibility index (Phi) is 140. The van der Waals surface area contributed by atoms with Gasteiger partial charge < -0.3 is 64.2 Å². The van der Waals surface area contributed by atoms with E-state index in [1.54, 1.807) is 25.4 Å². The Morgan fingerprint density at radius 2 is 0.816 bits per heavy atom. The number of carboxylic acids is 2. The average Bonchev–Trinajstić information content (AvgIpc) is 1.69. The third-order valence-electron chi connectivity index (χ3n) is 18.8. The number of benzene rings is 3. The molecule has 0 saturated heterocycles. The van der Waals surface area contributed by atoms with Crippen molar-refractivity contribution in [3.63, 3.8) is 0 Å². The molecule has 840 valence electrons. The number of thiol groups is 1. The molecule has 2 aromatic heterocycles. The number of fused-ring (bicyclic) bond motifs is 1. The number of guanidine groups is 1. The van der Waals surface area contributed by atoms with E-state index in [9.17, 15) is 19.2 Å². The van der Waals surface area contributed by atoms with Crippen molar-refractivity contribution in [1.29, 1.82) is 0 Å². The summed E-state index contributed by atoms with van der Waals surface area (Å²) in [5.74, 6) is 15.8. The molecule has 0 aliphatic carbocycles. The molecule has 0 aliphatic rings. The summed E-state index contributed by atoms with van der Waals surface area (Å²) in [5, 5.41) is 43.4. The molecule has 3 aromatic carbocycles. The molecule has 17 N–H and O–H groups in total. The minimum absolute atomic E-state index is 0.148. The van der Waals surface area contributed by atoms with Crippen LogP contribution in [0.1, 0.15) is 437 Å². The number of phenols is 1. The number of hydrogen-bond donors (Lipinski definition) is 13. The van der Waals surface area contributed by atoms with Gasteiger partial charge in [0.15, 0.2) is 5.96 Å². The molecule has 2 atom stereocenters. The van der Waals surface area contributed by atoms with E-state index >= 15 is 0 Å². The van der Waals surface area contributed by atoms with Crippen LogP contribution < -0.4 is 28.7 Å². The Morgan fingerprint density at radius 1 is 0.433 bits per heavy atom. The van der Waals surface area contributed by atoms with Gasteiger partial charge in [0.2, 0.25) is 11.8 Å². The molecule has 2 amide bonds. The molecule has 20 heteroatoms. The van der Waals surface area contributed by atoms with E-state index < -0.39 is 11.9 Å². The fourth-order valence-electron chi connectivity index (χ4n) is 9.53. The van der Waals surface area contributed by atoms with Crippen LogP contribution in [0.3, 0.4) is 0 Å². The fourth-order valence-corrected chi connectivity index (χ4v) is 10.2. The van der Waals surface area contributed by atoms with Gasteiger partial charge in [-0.15, -0.1) is 0 Å². The fraction of sp³-hybridized carbons (Fsp3) is 0.769. The number of rotatable bonds is 37. The van der Waals surface area contributed by atoms with Crippen molar-refractivity contribution in [3.05, 3.63) is 120 Å². The van der Waals surface area contributed by atoms with Crippen LogP contribution in [0.25, 0.3) is 10.9 Å². The third kappa shape index (κ3) is 189. The second-order valence-corrected chi connectivity index (χ2v) is 46.5. The molecule has 141 heavy (non-hydrogen) atoms. The number of unbranched alkanes of at least 4 members (excludes halogenated alkanes) is 1. The molecule has 0 fully saturated rings. The number of amides is 2. The highest BCUT2D eigenvalue weighted by Crippen LogP contribution is 2.21. The zero-order chi connectivity index (χ0) is 113. The molecule has 0 bridgehead atoms. The number of hydrogen-bond acceptors (Lipinski definition) is 12. The Labute approximate surface area is 886 Å². The van der Waals surface area contributed by atoms with Crippen LogP contribution in [0.4, 0.5) is 0 Å². The number of aliphatic imine (C=N–C) groups is 1.